The van der Waals surface area contributed by atoms with Gasteiger partial charge in [-0.2, -0.15) is 0 Å². The van der Waals surface area contributed by atoms with Crippen molar-refractivity contribution in [3.63, 3.8) is 0 Å². The molecule has 0 saturated heterocycles. The van der Waals surface area contributed by atoms with Crippen LogP contribution in [0.25, 0.3) is 11.3 Å². The maximum Gasteiger partial charge on any atom is 0.413 e. The minimum absolute atomic E-state index is 0.0846. The Morgan fingerprint density at radius 1 is 1.00 bits per heavy atom. The zero-order valence-electron chi connectivity index (χ0n) is 16.9. The summed E-state index contributed by atoms with van der Waals surface area (Å²) in [6.07, 6.45) is -0.677. The summed E-state index contributed by atoms with van der Waals surface area (Å²) < 4.78 is 30.1. The molecule has 0 unspecified atom stereocenters. The molecule has 3 aromatic rings. The molecule has 0 aliphatic heterocycles. The largest absolute Gasteiger partial charge is 0.453 e. The van der Waals surface area contributed by atoms with Gasteiger partial charge in [0.1, 0.15) is 10.7 Å². The van der Waals surface area contributed by atoms with Crippen molar-refractivity contribution < 1.29 is 22.7 Å². The number of anilines is 2. The number of carbonyl (C=O) groups is 2. The SMILES string of the molecule is COC(=O)Nc1nc(-c2ccccc2)c(NC(=O)c2ccc(S(=O)(=O)N(C)C)cc2)s1. The lowest BCUT2D eigenvalue weighted by Gasteiger charge is -2.11. The number of thiazole rings is 1. The maximum atomic E-state index is 12.8. The van der Waals surface area contributed by atoms with E-state index in [-0.39, 0.29) is 15.6 Å². The molecule has 11 heteroatoms. The maximum absolute atomic E-state index is 12.8. The molecule has 1 aromatic heterocycles. The Hall–Kier alpha value is -3.28. The van der Waals surface area contributed by atoms with Crippen molar-refractivity contribution in [3.8, 4) is 11.3 Å². The molecule has 3 rings (SSSR count). The van der Waals surface area contributed by atoms with Crippen molar-refractivity contribution in [2.45, 2.75) is 4.90 Å². The van der Waals surface area contributed by atoms with Gasteiger partial charge >= 0.3 is 6.09 Å². The van der Waals surface area contributed by atoms with Gasteiger partial charge in [0.15, 0.2) is 5.13 Å². The van der Waals surface area contributed by atoms with Gasteiger partial charge in [0.25, 0.3) is 5.91 Å². The van der Waals surface area contributed by atoms with Crippen molar-refractivity contribution in [2.24, 2.45) is 0 Å². The minimum Gasteiger partial charge on any atom is -0.453 e. The van der Waals surface area contributed by atoms with Gasteiger partial charge in [-0.1, -0.05) is 41.7 Å². The van der Waals surface area contributed by atoms with Gasteiger partial charge in [-0.15, -0.1) is 0 Å². The number of nitrogens with one attached hydrogen (secondary N) is 2. The van der Waals surface area contributed by atoms with Crippen LogP contribution in [-0.2, 0) is 14.8 Å². The zero-order chi connectivity index (χ0) is 22.6. The third-order valence-corrected chi connectivity index (χ3v) is 6.91. The molecule has 162 valence electrons. The molecule has 0 bridgehead atoms. The molecule has 0 aliphatic carbocycles. The van der Waals surface area contributed by atoms with Gasteiger partial charge in [-0.25, -0.2) is 22.5 Å². The van der Waals surface area contributed by atoms with Crippen LogP contribution < -0.4 is 10.6 Å². The average molecular weight is 461 g/mol. The fraction of sp³-hybridized carbons (Fsp3) is 0.150. The van der Waals surface area contributed by atoms with Crippen LogP contribution in [0.5, 0.6) is 0 Å². The number of benzene rings is 2. The number of carbonyl (C=O) groups excluding carboxylic acids is 2. The summed E-state index contributed by atoms with van der Waals surface area (Å²) in [5.74, 6) is -0.445. The number of ether oxygens (including phenoxy) is 1. The first-order valence-corrected chi connectivity index (χ1v) is 11.2. The monoisotopic (exact) mass is 460 g/mol. The van der Waals surface area contributed by atoms with E-state index in [9.17, 15) is 18.0 Å². The van der Waals surface area contributed by atoms with Crippen molar-refractivity contribution in [1.29, 1.82) is 0 Å². The molecule has 2 aromatic carbocycles. The fourth-order valence-electron chi connectivity index (χ4n) is 2.55. The van der Waals surface area contributed by atoms with Gasteiger partial charge in [0, 0.05) is 25.2 Å². The fourth-order valence-corrected chi connectivity index (χ4v) is 4.32. The van der Waals surface area contributed by atoms with Crippen LogP contribution in [0.4, 0.5) is 14.9 Å². The molecule has 0 aliphatic rings. The summed E-state index contributed by atoms with van der Waals surface area (Å²) in [5, 5.41) is 5.96. The molecule has 0 spiro atoms. The third-order valence-electron chi connectivity index (χ3n) is 4.19. The molecule has 31 heavy (non-hydrogen) atoms. The molecule has 0 saturated carbocycles. The van der Waals surface area contributed by atoms with Crippen LogP contribution in [0, 0.1) is 0 Å². The van der Waals surface area contributed by atoms with Gasteiger partial charge in [0.05, 0.1) is 12.0 Å². The normalized spacial score (nSPS) is 11.2. The van der Waals surface area contributed by atoms with Gasteiger partial charge < -0.3 is 10.1 Å². The number of nitrogens with zero attached hydrogens (tertiary/aromatic N) is 2. The van der Waals surface area contributed by atoms with E-state index in [4.69, 9.17) is 0 Å². The highest BCUT2D eigenvalue weighted by atomic mass is 32.2. The first kappa shape index (κ1) is 22.4. The second-order valence-electron chi connectivity index (χ2n) is 6.45. The van der Waals surface area contributed by atoms with Crippen molar-refractivity contribution in [3.05, 3.63) is 60.2 Å². The molecule has 1 heterocycles. The topological polar surface area (TPSA) is 118 Å². The van der Waals surface area contributed by atoms with Crippen LogP contribution in [0.15, 0.2) is 59.5 Å². The van der Waals surface area contributed by atoms with Crippen LogP contribution in [-0.4, -0.2) is 50.9 Å². The Labute approximate surface area is 183 Å². The Kier molecular flexibility index (Phi) is 6.68. The van der Waals surface area contributed by atoms with Gasteiger partial charge in [-0.05, 0) is 24.3 Å². The van der Waals surface area contributed by atoms with Crippen LogP contribution in [0.2, 0.25) is 0 Å². The predicted molar refractivity (Wildman–Crippen MR) is 119 cm³/mol. The highest BCUT2D eigenvalue weighted by molar-refractivity contribution is 7.89. The number of amides is 2. The van der Waals surface area contributed by atoms with Crippen LogP contribution in [0.1, 0.15) is 10.4 Å². The molecule has 0 fully saturated rings. The smallest absolute Gasteiger partial charge is 0.413 e. The van der Waals surface area contributed by atoms with E-state index in [0.29, 0.717) is 10.7 Å². The summed E-state index contributed by atoms with van der Waals surface area (Å²) in [4.78, 5) is 28.8. The van der Waals surface area contributed by atoms with E-state index in [1.54, 1.807) is 0 Å². The lowest BCUT2D eigenvalue weighted by Crippen LogP contribution is -2.22. The number of hydrogen-bond donors (Lipinski definition) is 2. The lowest BCUT2D eigenvalue weighted by molar-refractivity contribution is 0.102. The van der Waals surface area contributed by atoms with Gasteiger partial charge in [0.2, 0.25) is 10.0 Å². The first-order chi connectivity index (χ1) is 14.7. The summed E-state index contributed by atoms with van der Waals surface area (Å²) in [5.41, 5.74) is 1.50. The summed E-state index contributed by atoms with van der Waals surface area (Å²) in [7, 11) is 0.520. The van der Waals surface area contributed by atoms with Crippen molar-refractivity contribution in [2.75, 3.05) is 31.8 Å². The van der Waals surface area contributed by atoms with Crippen molar-refractivity contribution in [1.82, 2.24) is 9.29 Å². The third kappa shape index (κ3) is 5.08. The van der Waals surface area contributed by atoms with E-state index in [2.05, 4.69) is 20.4 Å². The Balaban J connectivity index is 1.89. The Morgan fingerprint density at radius 3 is 2.23 bits per heavy atom. The van der Waals surface area contributed by atoms with E-state index in [1.807, 2.05) is 30.3 Å². The Bertz CT molecular complexity index is 1190. The molecular formula is C20H20N4O5S2. The van der Waals surface area contributed by atoms with Crippen LogP contribution >= 0.6 is 11.3 Å². The molecule has 9 nitrogen and oxygen atoms in total. The van der Waals surface area contributed by atoms with Crippen LogP contribution in [0.3, 0.4) is 0 Å². The average Bonchev–Trinajstić information content (AvgIpc) is 3.16. The molecule has 2 N–H and O–H groups in total. The van der Waals surface area contributed by atoms with E-state index in [0.717, 1.165) is 21.2 Å². The lowest BCUT2D eigenvalue weighted by atomic mass is 10.1. The minimum atomic E-state index is -3.59. The number of sulfonamides is 1. The number of aromatic nitrogens is 1. The molecule has 0 radical (unpaired) electrons. The summed E-state index contributed by atoms with van der Waals surface area (Å²) >= 11 is 1.07. The highest BCUT2D eigenvalue weighted by Crippen LogP contribution is 2.36. The molecule has 0 atom stereocenters. The highest BCUT2D eigenvalue weighted by Gasteiger charge is 2.20. The van der Waals surface area contributed by atoms with E-state index >= 15 is 0 Å². The molecular weight excluding hydrogens is 440 g/mol. The number of hydrogen-bond acceptors (Lipinski definition) is 7. The summed E-state index contributed by atoms with van der Waals surface area (Å²) in [6.45, 7) is 0. The van der Waals surface area contributed by atoms with Crippen molar-refractivity contribution >= 4 is 43.5 Å². The Morgan fingerprint density at radius 2 is 1.65 bits per heavy atom. The number of methoxy groups -OCH3 is 1. The zero-order valence-corrected chi connectivity index (χ0v) is 18.6. The standard InChI is InChI=1S/C20H20N4O5S2/c1-24(2)31(27,28)15-11-9-14(10-12-15)17(25)22-18-16(13-7-5-4-6-8-13)21-19(30-18)23-20(26)29-3/h4-12H,1-3H3,(H,22,25)(H,21,23,26). The second kappa shape index (κ2) is 9.25. The van der Waals surface area contributed by atoms with Gasteiger partial charge in [-0.3, -0.25) is 10.1 Å². The van der Waals surface area contributed by atoms with E-state index in [1.165, 1.54) is 45.5 Å². The number of rotatable bonds is 6. The van der Waals surface area contributed by atoms with E-state index < -0.39 is 22.0 Å². The predicted octanol–water partition coefficient (Wildman–Crippen LogP) is 3.49. The summed E-state index contributed by atoms with van der Waals surface area (Å²) in [6, 6.07) is 14.8. The molecule has 2 amide bonds. The second-order valence-corrected chi connectivity index (χ2v) is 9.60. The first-order valence-electron chi connectivity index (χ1n) is 8.97. The quantitative estimate of drug-likeness (QED) is 0.581.